The van der Waals surface area contributed by atoms with Gasteiger partial charge in [0.05, 0.1) is 22.1 Å². The highest BCUT2D eigenvalue weighted by Gasteiger charge is 2.31. The number of fused-ring (bicyclic) bond motifs is 1. The summed E-state index contributed by atoms with van der Waals surface area (Å²) in [7, 11) is 0. The molecule has 0 fully saturated rings. The smallest absolute Gasteiger partial charge is 0.241 e. The van der Waals surface area contributed by atoms with Crippen LogP contribution in [0.2, 0.25) is 10.0 Å². The van der Waals surface area contributed by atoms with Crippen molar-refractivity contribution >= 4 is 35.1 Å². The Bertz CT molecular complexity index is 936. The average molecular weight is 388 g/mol. The van der Waals surface area contributed by atoms with Gasteiger partial charge in [-0.2, -0.15) is 4.98 Å². The van der Waals surface area contributed by atoms with Crippen LogP contribution in [0.4, 0.5) is 11.9 Å². The van der Waals surface area contributed by atoms with Crippen molar-refractivity contribution in [1.82, 2.24) is 14.8 Å². The molecule has 1 aliphatic rings. The van der Waals surface area contributed by atoms with E-state index < -0.39 is 0 Å². The summed E-state index contributed by atoms with van der Waals surface area (Å²) in [5.74, 6) is 0.923. The summed E-state index contributed by atoms with van der Waals surface area (Å²) in [5.41, 5.74) is 9.40. The summed E-state index contributed by atoms with van der Waals surface area (Å²) in [6.45, 7) is 2.15. The number of halogens is 2. The average Bonchev–Trinajstić information content (AvgIpc) is 3.03. The third-order valence-corrected chi connectivity index (χ3v) is 5.56. The van der Waals surface area contributed by atoms with Gasteiger partial charge in [-0.15, -0.1) is 5.10 Å². The van der Waals surface area contributed by atoms with E-state index in [1.165, 1.54) is 11.1 Å². The molecule has 1 aliphatic heterocycles. The highest BCUT2D eigenvalue weighted by atomic mass is 35.5. The number of benzene rings is 2. The Kier molecular flexibility index (Phi) is 4.51. The lowest BCUT2D eigenvalue weighted by Crippen LogP contribution is -2.28. The minimum atomic E-state index is 0.0386. The number of hydrogen-bond donors (Lipinski definition) is 2. The molecule has 1 aromatic heterocycles. The first-order chi connectivity index (χ1) is 12.5. The number of hydrogen-bond acceptors (Lipinski definition) is 4. The minimum absolute atomic E-state index is 0.0386. The number of aryl methyl sites for hydroxylation is 1. The van der Waals surface area contributed by atoms with Crippen molar-refractivity contribution in [3.8, 4) is 0 Å². The number of rotatable bonds is 3. The van der Waals surface area contributed by atoms with Crippen LogP contribution in [0.5, 0.6) is 0 Å². The zero-order chi connectivity index (χ0) is 18.3. The van der Waals surface area contributed by atoms with Crippen LogP contribution in [0.25, 0.3) is 0 Å². The van der Waals surface area contributed by atoms with E-state index in [4.69, 9.17) is 28.9 Å². The Morgan fingerprint density at radius 2 is 1.85 bits per heavy atom. The van der Waals surface area contributed by atoms with Gasteiger partial charge in [0.2, 0.25) is 11.9 Å². The van der Waals surface area contributed by atoms with Gasteiger partial charge in [0.15, 0.2) is 0 Å². The van der Waals surface area contributed by atoms with Gasteiger partial charge in [0.25, 0.3) is 0 Å². The fraction of sp³-hybridized carbons (Fsp3) is 0.263. The number of aromatic nitrogens is 3. The highest BCUT2D eigenvalue weighted by molar-refractivity contribution is 6.42. The van der Waals surface area contributed by atoms with E-state index in [9.17, 15) is 0 Å². The summed E-state index contributed by atoms with van der Waals surface area (Å²) in [6.07, 6.45) is 1.82. The largest absolute Gasteiger partial charge is 0.366 e. The highest BCUT2D eigenvalue weighted by Crippen LogP contribution is 2.39. The molecular weight excluding hydrogens is 369 g/mol. The lowest BCUT2D eigenvalue weighted by atomic mass is 9.93. The van der Waals surface area contributed by atoms with Crippen LogP contribution in [-0.2, 0) is 6.42 Å². The van der Waals surface area contributed by atoms with Crippen molar-refractivity contribution in [1.29, 1.82) is 0 Å². The molecule has 7 heteroatoms. The Morgan fingerprint density at radius 1 is 1.12 bits per heavy atom. The van der Waals surface area contributed by atoms with Crippen molar-refractivity contribution in [3.05, 3.63) is 69.2 Å². The van der Waals surface area contributed by atoms with Gasteiger partial charge < -0.3 is 11.1 Å². The van der Waals surface area contributed by atoms with Crippen LogP contribution in [-0.4, -0.2) is 14.8 Å². The van der Waals surface area contributed by atoms with Crippen molar-refractivity contribution in [2.75, 3.05) is 11.1 Å². The molecule has 0 unspecified atom stereocenters. The molecule has 0 amide bonds. The molecule has 3 N–H and O–H groups in total. The molecule has 0 radical (unpaired) electrons. The molecule has 2 aromatic carbocycles. The van der Waals surface area contributed by atoms with Gasteiger partial charge in [0, 0.05) is 0 Å². The van der Waals surface area contributed by atoms with E-state index in [0.29, 0.717) is 16.0 Å². The second-order valence-corrected chi connectivity index (χ2v) is 7.27. The van der Waals surface area contributed by atoms with E-state index >= 15 is 0 Å². The number of nitrogen functional groups attached to an aromatic ring is 1. The molecule has 4 rings (SSSR count). The van der Waals surface area contributed by atoms with Crippen LogP contribution in [0.1, 0.15) is 42.1 Å². The number of nitrogens with two attached hydrogens (primary N) is 1. The second kappa shape index (κ2) is 6.82. The lowest BCUT2D eigenvalue weighted by molar-refractivity contribution is 0.431. The maximum absolute atomic E-state index is 6.21. The molecule has 0 spiro atoms. The van der Waals surface area contributed by atoms with E-state index in [-0.39, 0.29) is 18.0 Å². The van der Waals surface area contributed by atoms with Crippen molar-refractivity contribution in [2.24, 2.45) is 0 Å². The molecule has 134 valence electrons. The van der Waals surface area contributed by atoms with Crippen molar-refractivity contribution in [2.45, 2.75) is 31.8 Å². The van der Waals surface area contributed by atoms with Gasteiger partial charge in [-0.3, -0.25) is 0 Å². The van der Waals surface area contributed by atoms with E-state index in [1.807, 2.05) is 22.9 Å². The van der Waals surface area contributed by atoms with Crippen molar-refractivity contribution < 1.29 is 0 Å². The van der Waals surface area contributed by atoms with Crippen LogP contribution in [0.3, 0.4) is 0 Å². The van der Waals surface area contributed by atoms with E-state index in [2.05, 4.69) is 46.6 Å². The SMILES string of the molecule is CCc1ccc([C@H]2C[C@H](c3ccc(Cl)c(Cl)c3)Nc3nc(N)nn32)cc1. The van der Waals surface area contributed by atoms with Crippen LogP contribution in [0.15, 0.2) is 42.5 Å². The normalized spacial score (nSPS) is 19.0. The summed E-state index contributed by atoms with van der Waals surface area (Å²) in [5, 5.41) is 8.89. The summed E-state index contributed by atoms with van der Waals surface area (Å²) >= 11 is 12.3. The molecule has 0 saturated heterocycles. The lowest BCUT2D eigenvalue weighted by Gasteiger charge is -2.32. The standard InChI is InChI=1S/C19H19Cl2N5/c1-2-11-3-5-12(6-4-11)17-10-16(13-7-8-14(20)15(21)9-13)23-19-24-18(22)25-26(17)19/h3-9,16-17H,2,10H2,1H3,(H3,22,23,24,25)/t16-,17-/m1/s1. The first-order valence-corrected chi connectivity index (χ1v) is 9.33. The molecule has 2 atom stereocenters. The predicted molar refractivity (Wildman–Crippen MR) is 106 cm³/mol. The van der Waals surface area contributed by atoms with E-state index in [0.717, 1.165) is 18.4 Å². The molecular formula is C19H19Cl2N5. The fourth-order valence-corrected chi connectivity index (χ4v) is 3.70. The molecule has 3 aromatic rings. The van der Waals surface area contributed by atoms with E-state index in [1.54, 1.807) is 0 Å². The molecule has 26 heavy (non-hydrogen) atoms. The number of nitrogens with one attached hydrogen (secondary N) is 1. The Balaban J connectivity index is 1.73. The van der Waals surface area contributed by atoms with Crippen LogP contribution in [0, 0.1) is 0 Å². The summed E-state index contributed by atoms with van der Waals surface area (Å²) in [6, 6.07) is 14.4. The Hall–Kier alpha value is -2.24. The monoisotopic (exact) mass is 387 g/mol. The third kappa shape index (κ3) is 3.13. The maximum Gasteiger partial charge on any atom is 0.241 e. The zero-order valence-electron chi connectivity index (χ0n) is 14.3. The summed E-state index contributed by atoms with van der Waals surface area (Å²) in [4.78, 5) is 4.34. The Labute approximate surface area is 162 Å². The molecule has 0 aliphatic carbocycles. The Morgan fingerprint density at radius 3 is 2.54 bits per heavy atom. The molecule has 0 bridgehead atoms. The number of nitrogens with zero attached hydrogens (tertiary/aromatic N) is 3. The van der Waals surface area contributed by atoms with Gasteiger partial charge >= 0.3 is 0 Å². The van der Waals surface area contributed by atoms with Gasteiger partial charge in [0.1, 0.15) is 0 Å². The van der Waals surface area contributed by atoms with Crippen LogP contribution < -0.4 is 11.1 Å². The molecule has 0 saturated carbocycles. The number of anilines is 2. The zero-order valence-corrected chi connectivity index (χ0v) is 15.8. The van der Waals surface area contributed by atoms with Crippen molar-refractivity contribution in [3.63, 3.8) is 0 Å². The maximum atomic E-state index is 6.21. The topological polar surface area (TPSA) is 68.8 Å². The second-order valence-electron chi connectivity index (χ2n) is 6.46. The first kappa shape index (κ1) is 17.2. The summed E-state index contributed by atoms with van der Waals surface area (Å²) < 4.78 is 1.87. The molecule has 5 nitrogen and oxygen atoms in total. The predicted octanol–water partition coefficient (Wildman–Crippen LogP) is 4.88. The third-order valence-electron chi connectivity index (χ3n) is 4.82. The molecule has 2 heterocycles. The van der Waals surface area contributed by atoms with Gasteiger partial charge in [-0.1, -0.05) is 60.5 Å². The minimum Gasteiger partial charge on any atom is -0.366 e. The van der Waals surface area contributed by atoms with Crippen LogP contribution >= 0.6 is 23.2 Å². The van der Waals surface area contributed by atoms with Gasteiger partial charge in [-0.05, 0) is 41.7 Å². The first-order valence-electron chi connectivity index (χ1n) is 8.57. The van der Waals surface area contributed by atoms with Gasteiger partial charge in [-0.25, -0.2) is 4.68 Å². The quantitative estimate of drug-likeness (QED) is 0.671. The fourth-order valence-electron chi connectivity index (χ4n) is 3.39.